The van der Waals surface area contributed by atoms with Crippen LogP contribution in [0.25, 0.3) is 11.1 Å². The molecule has 8 heteroatoms. The molecule has 4 aromatic rings. The molecule has 0 saturated heterocycles. The summed E-state index contributed by atoms with van der Waals surface area (Å²) in [4.78, 5) is 31.5. The minimum absolute atomic E-state index is 0.0578. The van der Waals surface area contributed by atoms with E-state index in [1.165, 1.54) is 11.8 Å². The van der Waals surface area contributed by atoms with E-state index in [1.54, 1.807) is 54.6 Å². The number of carbonyl (C=O) groups is 2. The van der Waals surface area contributed by atoms with Crippen LogP contribution in [0.4, 0.5) is 0 Å². The van der Waals surface area contributed by atoms with Crippen molar-refractivity contribution in [2.24, 2.45) is 0 Å². The second-order valence-electron chi connectivity index (χ2n) is 7.44. The summed E-state index contributed by atoms with van der Waals surface area (Å²) < 4.78 is 11.3. The molecule has 1 aromatic heterocycles. The van der Waals surface area contributed by atoms with Crippen LogP contribution in [0.1, 0.15) is 30.0 Å². The minimum Gasteiger partial charge on any atom is -0.447 e. The number of benzene rings is 3. The lowest BCUT2D eigenvalue weighted by Gasteiger charge is -2.26. The molecule has 0 aliphatic carbocycles. The number of esters is 1. The molecule has 33 heavy (non-hydrogen) atoms. The van der Waals surface area contributed by atoms with Crippen LogP contribution in [-0.4, -0.2) is 21.8 Å². The van der Waals surface area contributed by atoms with Crippen LogP contribution < -0.4 is 0 Å². The van der Waals surface area contributed by atoms with Gasteiger partial charge in [0.15, 0.2) is 5.58 Å². The van der Waals surface area contributed by atoms with Gasteiger partial charge in [-0.25, -0.2) is 4.98 Å². The predicted octanol–water partition coefficient (Wildman–Crippen LogP) is 5.97. The Morgan fingerprint density at radius 1 is 0.970 bits per heavy atom. The van der Waals surface area contributed by atoms with E-state index in [1.807, 2.05) is 18.2 Å². The zero-order chi connectivity index (χ0) is 23.4. The maximum absolute atomic E-state index is 13.7. The number of fused-ring (bicyclic) bond motifs is 1. The molecule has 0 N–H and O–H groups in total. The molecule has 0 fully saturated rings. The van der Waals surface area contributed by atoms with Gasteiger partial charge in [-0.3, -0.25) is 9.59 Å². The molecule has 1 amide bonds. The van der Waals surface area contributed by atoms with Gasteiger partial charge in [0.1, 0.15) is 5.52 Å². The fourth-order valence-electron chi connectivity index (χ4n) is 3.47. The Morgan fingerprint density at radius 3 is 2.45 bits per heavy atom. The average molecular weight is 483 g/mol. The fourth-order valence-corrected chi connectivity index (χ4v) is 3.85. The highest BCUT2D eigenvalue weighted by atomic mass is 35.5. The van der Waals surface area contributed by atoms with Gasteiger partial charge in [0.2, 0.25) is 12.0 Å². The van der Waals surface area contributed by atoms with Crippen molar-refractivity contribution < 1.29 is 18.7 Å². The molecule has 3 aromatic carbocycles. The number of carbonyl (C=O) groups excluding carboxylic acids is 2. The van der Waals surface area contributed by atoms with Crippen LogP contribution in [0.2, 0.25) is 10.0 Å². The summed E-state index contributed by atoms with van der Waals surface area (Å²) in [5.41, 5.74) is 2.53. The standard InChI is InChI=1S/C25H20Cl2N2O4/c1-16(30)32-24(18-7-3-2-4-8-18)25(31)29(14-17-6-5-9-19(26)12-17)15-23-28-21-13-20(27)10-11-22(21)33-23/h2-13,24H,14-15H2,1H3/t24-/m0/s1. The summed E-state index contributed by atoms with van der Waals surface area (Å²) in [5.74, 6) is -0.634. The lowest BCUT2D eigenvalue weighted by atomic mass is 10.1. The van der Waals surface area contributed by atoms with E-state index in [2.05, 4.69) is 4.98 Å². The van der Waals surface area contributed by atoms with Crippen molar-refractivity contribution >= 4 is 46.2 Å². The monoisotopic (exact) mass is 482 g/mol. The topological polar surface area (TPSA) is 72.6 Å². The van der Waals surface area contributed by atoms with E-state index >= 15 is 0 Å². The minimum atomic E-state index is -1.11. The smallest absolute Gasteiger partial charge is 0.303 e. The van der Waals surface area contributed by atoms with Gasteiger partial charge in [-0.15, -0.1) is 0 Å². The van der Waals surface area contributed by atoms with Gasteiger partial charge in [0.05, 0.1) is 6.54 Å². The molecule has 168 valence electrons. The molecule has 0 saturated carbocycles. The van der Waals surface area contributed by atoms with Crippen molar-refractivity contribution in [2.75, 3.05) is 0 Å². The number of halogens is 2. The number of oxazole rings is 1. The number of aromatic nitrogens is 1. The molecular formula is C25H20Cl2N2O4. The normalized spacial score (nSPS) is 11.8. The van der Waals surface area contributed by atoms with Gasteiger partial charge in [0.25, 0.3) is 5.91 Å². The summed E-state index contributed by atoms with van der Waals surface area (Å²) in [6.45, 7) is 1.54. The molecule has 1 atom stereocenters. The summed E-state index contributed by atoms with van der Waals surface area (Å²) in [6, 6.07) is 21.2. The molecule has 4 rings (SSSR count). The zero-order valence-electron chi connectivity index (χ0n) is 17.7. The van der Waals surface area contributed by atoms with E-state index < -0.39 is 18.0 Å². The molecule has 0 aliphatic rings. The third-order valence-electron chi connectivity index (χ3n) is 4.90. The van der Waals surface area contributed by atoms with Crippen molar-refractivity contribution in [3.05, 3.63) is 99.9 Å². The first-order chi connectivity index (χ1) is 15.9. The van der Waals surface area contributed by atoms with E-state index in [0.717, 1.165) is 5.56 Å². The highest BCUT2D eigenvalue weighted by Gasteiger charge is 2.30. The lowest BCUT2D eigenvalue weighted by Crippen LogP contribution is -2.36. The molecule has 0 radical (unpaired) electrons. The predicted molar refractivity (Wildman–Crippen MR) is 126 cm³/mol. The van der Waals surface area contributed by atoms with Gasteiger partial charge >= 0.3 is 5.97 Å². The Morgan fingerprint density at radius 2 is 1.73 bits per heavy atom. The quantitative estimate of drug-likeness (QED) is 0.303. The van der Waals surface area contributed by atoms with Crippen molar-refractivity contribution in [1.82, 2.24) is 9.88 Å². The van der Waals surface area contributed by atoms with Gasteiger partial charge in [-0.1, -0.05) is 65.7 Å². The van der Waals surface area contributed by atoms with Crippen molar-refractivity contribution in [2.45, 2.75) is 26.1 Å². The summed E-state index contributed by atoms with van der Waals surface area (Å²) >= 11 is 12.2. The van der Waals surface area contributed by atoms with Gasteiger partial charge in [0, 0.05) is 29.1 Å². The van der Waals surface area contributed by atoms with Crippen LogP contribution >= 0.6 is 23.2 Å². The largest absolute Gasteiger partial charge is 0.447 e. The number of amides is 1. The Kier molecular flexibility index (Phi) is 6.96. The van der Waals surface area contributed by atoms with Gasteiger partial charge < -0.3 is 14.1 Å². The SMILES string of the molecule is CC(=O)O[C@H](C(=O)N(Cc1cccc(Cl)c1)Cc1nc2cc(Cl)ccc2o1)c1ccccc1. The van der Waals surface area contributed by atoms with Crippen LogP contribution in [0.15, 0.2) is 77.2 Å². The molecule has 0 bridgehead atoms. The van der Waals surface area contributed by atoms with Gasteiger partial charge in [-0.2, -0.15) is 0 Å². The highest BCUT2D eigenvalue weighted by Crippen LogP contribution is 2.26. The highest BCUT2D eigenvalue weighted by molar-refractivity contribution is 6.31. The van der Waals surface area contributed by atoms with Crippen molar-refractivity contribution in [1.29, 1.82) is 0 Å². The zero-order valence-corrected chi connectivity index (χ0v) is 19.2. The lowest BCUT2D eigenvalue weighted by molar-refractivity contribution is -0.160. The Hall–Kier alpha value is -3.35. The first kappa shape index (κ1) is 22.8. The maximum atomic E-state index is 13.7. The third kappa shape index (κ3) is 5.72. The van der Waals surface area contributed by atoms with Crippen molar-refractivity contribution in [3.63, 3.8) is 0 Å². The first-order valence-electron chi connectivity index (χ1n) is 10.2. The van der Waals surface area contributed by atoms with E-state index in [-0.39, 0.29) is 13.1 Å². The molecule has 0 unspecified atom stereocenters. The Balaban J connectivity index is 1.69. The second kappa shape index (κ2) is 10.1. The van der Waals surface area contributed by atoms with E-state index in [4.69, 9.17) is 32.4 Å². The fraction of sp³-hybridized carbons (Fsp3) is 0.160. The molecule has 0 spiro atoms. The number of rotatable bonds is 7. The van der Waals surface area contributed by atoms with E-state index in [9.17, 15) is 9.59 Å². The number of ether oxygens (including phenoxy) is 1. The Bertz CT molecular complexity index is 1290. The van der Waals surface area contributed by atoms with Gasteiger partial charge in [-0.05, 0) is 35.9 Å². The van der Waals surface area contributed by atoms with Crippen molar-refractivity contribution in [3.8, 4) is 0 Å². The number of hydrogen-bond acceptors (Lipinski definition) is 5. The third-order valence-corrected chi connectivity index (χ3v) is 5.37. The molecule has 6 nitrogen and oxygen atoms in total. The average Bonchev–Trinajstić information content (AvgIpc) is 3.18. The van der Waals surface area contributed by atoms with Crippen LogP contribution in [-0.2, 0) is 27.4 Å². The molecular weight excluding hydrogens is 463 g/mol. The first-order valence-corrected chi connectivity index (χ1v) is 10.9. The summed E-state index contributed by atoms with van der Waals surface area (Å²) in [7, 11) is 0. The van der Waals surface area contributed by atoms with Crippen LogP contribution in [0, 0.1) is 0 Å². The number of hydrogen-bond donors (Lipinski definition) is 0. The number of nitrogens with zero attached hydrogens (tertiary/aromatic N) is 2. The Labute approximate surface area is 200 Å². The van der Waals surface area contributed by atoms with Crippen LogP contribution in [0.3, 0.4) is 0 Å². The maximum Gasteiger partial charge on any atom is 0.303 e. The molecule has 1 heterocycles. The van der Waals surface area contributed by atoms with Crippen LogP contribution in [0.5, 0.6) is 0 Å². The molecule has 0 aliphatic heterocycles. The van der Waals surface area contributed by atoms with E-state index in [0.29, 0.717) is 32.6 Å². The second-order valence-corrected chi connectivity index (χ2v) is 8.32. The summed E-state index contributed by atoms with van der Waals surface area (Å²) in [6.07, 6.45) is -1.11. The summed E-state index contributed by atoms with van der Waals surface area (Å²) in [5, 5.41) is 1.09.